The van der Waals surface area contributed by atoms with Crippen LogP contribution >= 0.6 is 0 Å². The van der Waals surface area contributed by atoms with E-state index in [0.29, 0.717) is 6.04 Å². The molecule has 4 heteroatoms. The van der Waals surface area contributed by atoms with Crippen molar-refractivity contribution in [2.75, 3.05) is 27.3 Å². The lowest BCUT2D eigenvalue weighted by atomic mass is 10.2. The fourth-order valence-corrected chi connectivity index (χ4v) is 1.89. The van der Waals surface area contributed by atoms with Crippen molar-refractivity contribution in [3.8, 4) is 11.5 Å². The van der Waals surface area contributed by atoms with Crippen molar-refractivity contribution < 1.29 is 9.47 Å². The van der Waals surface area contributed by atoms with E-state index < -0.39 is 0 Å². The molecule has 0 spiro atoms. The molecule has 1 N–H and O–H groups in total. The molecule has 1 heterocycles. The standard InChI is InChI=1S/C13H18N2O2/c1-16-12-4-3-10(7-13(12)17-2)8-15-11-5-6-14-9-11/h3-4,7-8,11,14H,5-6,9H2,1-2H3/t11-/m0/s1. The fourth-order valence-electron chi connectivity index (χ4n) is 1.89. The molecular weight excluding hydrogens is 216 g/mol. The van der Waals surface area contributed by atoms with Crippen molar-refractivity contribution in [1.82, 2.24) is 5.32 Å². The predicted octanol–water partition coefficient (Wildman–Crippen LogP) is 1.48. The number of ether oxygens (including phenoxy) is 2. The summed E-state index contributed by atoms with van der Waals surface area (Å²) < 4.78 is 10.4. The third-order valence-electron chi connectivity index (χ3n) is 2.88. The number of aliphatic imine (C=N–C) groups is 1. The van der Waals surface area contributed by atoms with E-state index in [2.05, 4.69) is 10.3 Å². The smallest absolute Gasteiger partial charge is 0.161 e. The van der Waals surface area contributed by atoms with Crippen LogP contribution in [0.25, 0.3) is 0 Å². The highest BCUT2D eigenvalue weighted by molar-refractivity contribution is 5.81. The Morgan fingerprint density at radius 3 is 2.76 bits per heavy atom. The number of benzene rings is 1. The summed E-state index contributed by atoms with van der Waals surface area (Å²) >= 11 is 0. The average Bonchev–Trinajstić information content (AvgIpc) is 2.89. The molecule has 17 heavy (non-hydrogen) atoms. The van der Waals surface area contributed by atoms with Crippen LogP contribution in [0.2, 0.25) is 0 Å². The van der Waals surface area contributed by atoms with E-state index in [1.807, 2.05) is 24.4 Å². The minimum absolute atomic E-state index is 0.406. The van der Waals surface area contributed by atoms with Crippen molar-refractivity contribution in [3.63, 3.8) is 0 Å². The van der Waals surface area contributed by atoms with Gasteiger partial charge in [-0.05, 0) is 36.7 Å². The summed E-state index contributed by atoms with van der Waals surface area (Å²) in [6.45, 7) is 2.04. The largest absolute Gasteiger partial charge is 0.493 e. The molecule has 4 nitrogen and oxygen atoms in total. The number of hydrogen-bond donors (Lipinski definition) is 1. The number of nitrogens with one attached hydrogen (secondary N) is 1. The van der Waals surface area contributed by atoms with Crippen LogP contribution < -0.4 is 14.8 Å². The summed E-state index contributed by atoms with van der Waals surface area (Å²) in [5.41, 5.74) is 1.04. The topological polar surface area (TPSA) is 42.8 Å². The van der Waals surface area contributed by atoms with Crippen molar-refractivity contribution in [2.45, 2.75) is 12.5 Å². The molecular formula is C13H18N2O2. The Balaban J connectivity index is 2.10. The zero-order valence-electron chi connectivity index (χ0n) is 10.3. The second-order valence-electron chi connectivity index (χ2n) is 4.04. The second-order valence-corrected chi connectivity index (χ2v) is 4.04. The Morgan fingerprint density at radius 2 is 2.12 bits per heavy atom. The van der Waals surface area contributed by atoms with Gasteiger partial charge >= 0.3 is 0 Å². The number of nitrogens with zero attached hydrogens (tertiary/aromatic N) is 1. The maximum Gasteiger partial charge on any atom is 0.161 e. The summed E-state index contributed by atoms with van der Waals surface area (Å²) in [4.78, 5) is 4.54. The molecule has 2 rings (SSSR count). The first-order valence-electron chi connectivity index (χ1n) is 5.79. The summed E-state index contributed by atoms with van der Waals surface area (Å²) in [5, 5.41) is 3.29. The van der Waals surface area contributed by atoms with E-state index in [4.69, 9.17) is 9.47 Å². The minimum Gasteiger partial charge on any atom is -0.493 e. The highest BCUT2D eigenvalue weighted by Crippen LogP contribution is 2.26. The normalized spacial score (nSPS) is 19.8. The molecule has 1 aromatic rings. The Hall–Kier alpha value is -1.55. The first-order valence-corrected chi connectivity index (χ1v) is 5.79. The highest BCUT2D eigenvalue weighted by atomic mass is 16.5. The quantitative estimate of drug-likeness (QED) is 0.802. The molecule has 1 aromatic carbocycles. The monoisotopic (exact) mass is 234 g/mol. The SMILES string of the molecule is COc1ccc(C=N[C@H]2CCNC2)cc1OC. The fraction of sp³-hybridized carbons (Fsp3) is 0.462. The van der Waals surface area contributed by atoms with Crippen LogP contribution in [0.1, 0.15) is 12.0 Å². The van der Waals surface area contributed by atoms with Crippen LogP contribution in [0.15, 0.2) is 23.2 Å². The van der Waals surface area contributed by atoms with E-state index in [1.165, 1.54) is 0 Å². The molecule has 1 atom stereocenters. The van der Waals surface area contributed by atoms with Gasteiger partial charge in [0.25, 0.3) is 0 Å². The van der Waals surface area contributed by atoms with Crippen molar-refractivity contribution in [2.24, 2.45) is 4.99 Å². The van der Waals surface area contributed by atoms with Gasteiger partial charge in [0.1, 0.15) is 0 Å². The first kappa shape index (κ1) is 11.9. The molecule has 0 unspecified atom stereocenters. The average molecular weight is 234 g/mol. The van der Waals surface area contributed by atoms with E-state index >= 15 is 0 Å². The zero-order valence-corrected chi connectivity index (χ0v) is 10.3. The lowest BCUT2D eigenvalue weighted by Gasteiger charge is -2.07. The molecule has 1 fully saturated rings. The van der Waals surface area contributed by atoms with Gasteiger partial charge in [0.15, 0.2) is 11.5 Å². The van der Waals surface area contributed by atoms with E-state index in [-0.39, 0.29) is 0 Å². The summed E-state index contributed by atoms with van der Waals surface area (Å²) in [7, 11) is 3.27. The van der Waals surface area contributed by atoms with E-state index in [0.717, 1.165) is 36.6 Å². The first-order chi connectivity index (χ1) is 8.33. The highest BCUT2D eigenvalue weighted by Gasteiger charge is 2.11. The molecule has 0 bridgehead atoms. The third-order valence-corrected chi connectivity index (χ3v) is 2.88. The van der Waals surface area contributed by atoms with Gasteiger partial charge in [0.05, 0.1) is 20.3 Å². The molecule has 1 aliphatic heterocycles. The summed E-state index contributed by atoms with van der Waals surface area (Å²) in [5.74, 6) is 1.48. The van der Waals surface area contributed by atoms with Crippen molar-refractivity contribution in [1.29, 1.82) is 0 Å². The van der Waals surface area contributed by atoms with Crippen LogP contribution in [0, 0.1) is 0 Å². The predicted molar refractivity (Wildman–Crippen MR) is 68.4 cm³/mol. The Morgan fingerprint density at radius 1 is 1.29 bits per heavy atom. The minimum atomic E-state index is 0.406. The molecule has 0 radical (unpaired) electrons. The maximum atomic E-state index is 5.25. The summed E-state index contributed by atoms with van der Waals surface area (Å²) in [6, 6.07) is 6.22. The number of methoxy groups -OCH3 is 2. The lowest BCUT2D eigenvalue weighted by molar-refractivity contribution is 0.355. The van der Waals surface area contributed by atoms with Crippen LogP contribution in [-0.4, -0.2) is 39.6 Å². The number of hydrogen-bond acceptors (Lipinski definition) is 4. The van der Waals surface area contributed by atoms with E-state index in [9.17, 15) is 0 Å². The second kappa shape index (κ2) is 5.68. The van der Waals surface area contributed by atoms with Gasteiger partial charge in [-0.3, -0.25) is 4.99 Å². The van der Waals surface area contributed by atoms with Gasteiger partial charge in [-0.2, -0.15) is 0 Å². The van der Waals surface area contributed by atoms with Gasteiger partial charge in [0, 0.05) is 12.8 Å². The molecule has 0 saturated carbocycles. The Labute approximate surface area is 102 Å². The molecule has 0 amide bonds. The molecule has 92 valence electrons. The van der Waals surface area contributed by atoms with Gasteiger partial charge in [0.2, 0.25) is 0 Å². The molecule has 0 aliphatic carbocycles. The van der Waals surface area contributed by atoms with Crippen molar-refractivity contribution >= 4 is 6.21 Å². The van der Waals surface area contributed by atoms with Crippen molar-refractivity contribution in [3.05, 3.63) is 23.8 Å². The third kappa shape index (κ3) is 2.97. The van der Waals surface area contributed by atoms with Crippen LogP contribution in [0.5, 0.6) is 11.5 Å². The van der Waals surface area contributed by atoms with Crippen LogP contribution in [-0.2, 0) is 0 Å². The van der Waals surface area contributed by atoms with Gasteiger partial charge < -0.3 is 14.8 Å². The van der Waals surface area contributed by atoms with Gasteiger partial charge in [-0.15, -0.1) is 0 Å². The summed E-state index contributed by atoms with van der Waals surface area (Å²) in [6.07, 6.45) is 3.02. The maximum absolute atomic E-state index is 5.25. The zero-order chi connectivity index (χ0) is 12.1. The number of rotatable bonds is 4. The molecule has 1 saturated heterocycles. The Bertz CT molecular complexity index is 398. The molecule has 1 aliphatic rings. The lowest BCUT2D eigenvalue weighted by Crippen LogP contribution is -2.11. The molecule has 0 aromatic heterocycles. The van der Waals surface area contributed by atoms with E-state index in [1.54, 1.807) is 14.2 Å². The van der Waals surface area contributed by atoms with Crippen LogP contribution in [0.3, 0.4) is 0 Å². The van der Waals surface area contributed by atoms with Crippen LogP contribution in [0.4, 0.5) is 0 Å². The van der Waals surface area contributed by atoms with Gasteiger partial charge in [-0.1, -0.05) is 0 Å². The van der Waals surface area contributed by atoms with Gasteiger partial charge in [-0.25, -0.2) is 0 Å². The Kier molecular flexibility index (Phi) is 3.98.